The molecule has 96 valence electrons. The molecule has 2 rings (SSSR count). The van der Waals surface area contributed by atoms with Crippen LogP contribution in [-0.4, -0.2) is 33.3 Å². The van der Waals surface area contributed by atoms with Crippen LogP contribution in [0.4, 0.5) is 0 Å². The Balaban J connectivity index is 2.10. The number of nitrogens with zero attached hydrogens (tertiary/aromatic N) is 4. The minimum absolute atomic E-state index is 0.385. The predicted molar refractivity (Wildman–Crippen MR) is 70.2 cm³/mol. The molecular weight excluding hydrogens is 226 g/mol. The molecule has 0 bridgehead atoms. The van der Waals surface area contributed by atoms with Crippen molar-refractivity contribution in [2.75, 3.05) is 13.1 Å². The lowest BCUT2D eigenvalue weighted by Crippen LogP contribution is -2.23. The van der Waals surface area contributed by atoms with Gasteiger partial charge in [0.1, 0.15) is 0 Å². The lowest BCUT2D eigenvalue weighted by Gasteiger charge is -2.15. The molecule has 0 spiro atoms. The van der Waals surface area contributed by atoms with E-state index in [0.29, 0.717) is 5.92 Å². The summed E-state index contributed by atoms with van der Waals surface area (Å²) in [5.41, 5.74) is 1.31. The summed E-state index contributed by atoms with van der Waals surface area (Å²) in [6.07, 6.45) is 0.810. The molecule has 0 radical (unpaired) electrons. The van der Waals surface area contributed by atoms with Crippen molar-refractivity contribution in [3.8, 4) is 0 Å². The fourth-order valence-electron chi connectivity index (χ4n) is 1.98. The largest absolute Gasteiger partial charge is 0.316 e. The average molecular weight is 245 g/mol. The lowest BCUT2D eigenvalue weighted by molar-refractivity contribution is 0.578. The van der Waals surface area contributed by atoms with Gasteiger partial charge >= 0.3 is 0 Å². The Bertz CT molecular complexity index is 465. The predicted octanol–water partition coefficient (Wildman–Crippen LogP) is 1.15. The van der Waals surface area contributed by atoms with Crippen molar-refractivity contribution in [1.82, 2.24) is 25.5 Å². The van der Waals surface area contributed by atoms with Crippen LogP contribution in [0.25, 0.3) is 0 Å². The zero-order valence-electron chi connectivity index (χ0n) is 10.9. The highest BCUT2D eigenvalue weighted by Gasteiger charge is 2.14. The van der Waals surface area contributed by atoms with Crippen molar-refractivity contribution >= 4 is 0 Å². The number of hydrogen-bond acceptors (Lipinski definition) is 4. The zero-order valence-corrected chi connectivity index (χ0v) is 10.9. The second kappa shape index (κ2) is 6.26. The van der Waals surface area contributed by atoms with Crippen LogP contribution >= 0.6 is 0 Å². The first-order chi connectivity index (χ1) is 8.79. The molecule has 0 aliphatic heterocycles. The summed E-state index contributed by atoms with van der Waals surface area (Å²) < 4.78 is 0. The third kappa shape index (κ3) is 3.37. The van der Waals surface area contributed by atoms with Crippen LogP contribution in [0, 0.1) is 0 Å². The van der Waals surface area contributed by atoms with E-state index in [-0.39, 0.29) is 0 Å². The van der Waals surface area contributed by atoms with Crippen molar-refractivity contribution < 1.29 is 0 Å². The van der Waals surface area contributed by atoms with Gasteiger partial charge in [-0.3, -0.25) is 0 Å². The molecule has 18 heavy (non-hydrogen) atoms. The highest BCUT2D eigenvalue weighted by atomic mass is 15.6. The average Bonchev–Trinajstić information content (AvgIpc) is 2.81. The van der Waals surface area contributed by atoms with Gasteiger partial charge in [0.2, 0.25) is 0 Å². The van der Waals surface area contributed by atoms with Crippen LogP contribution in [0.15, 0.2) is 30.3 Å². The second-order valence-electron chi connectivity index (χ2n) is 4.31. The minimum atomic E-state index is 0.385. The minimum Gasteiger partial charge on any atom is -0.316 e. The van der Waals surface area contributed by atoms with E-state index in [4.69, 9.17) is 0 Å². The first-order valence-corrected chi connectivity index (χ1v) is 6.28. The molecule has 5 heteroatoms. The lowest BCUT2D eigenvalue weighted by atomic mass is 9.95. The summed E-state index contributed by atoms with van der Waals surface area (Å²) in [5.74, 6) is 1.18. The number of nitrogens with one attached hydrogen (secondary N) is 1. The molecule has 1 N–H and O–H groups in total. The Morgan fingerprint density at radius 1 is 1.28 bits per heavy atom. The van der Waals surface area contributed by atoms with Crippen molar-refractivity contribution in [1.29, 1.82) is 0 Å². The van der Waals surface area contributed by atoms with E-state index in [1.807, 2.05) is 6.07 Å². The number of hydrogen-bond donors (Lipinski definition) is 1. The molecule has 0 aliphatic rings. The van der Waals surface area contributed by atoms with E-state index in [1.165, 1.54) is 10.4 Å². The molecule has 1 aromatic heterocycles. The molecule has 0 amide bonds. The summed E-state index contributed by atoms with van der Waals surface area (Å²) in [4.78, 5) is 1.50. The monoisotopic (exact) mass is 245 g/mol. The van der Waals surface area contributed by atoms with Crippen molar-refractivity contribution in [3.63, 3.8) is 0 Å². The van der Waals surface area contributed by atoms with Crippen LogP contribution in [0.1, 0.15) is 24.2 Å². The van der Waals surface area contributed by atoms with Gasteiger partial charge in [0.05, 0.1) is 7.05 Å². The standard InChI is InChI=1S/C13H19N5/c1-3-14-10-12(11-7-5-4-6-8-11)9-13-15-17-18(2)16-13/h4-8,12,14H,3,9-10H2,1-2H3. The Morgan fingerprint density at radius 2 is 2.06 bits per heavy atom. The van der Waals surface area contributed by atoms with E-state index in [1.54, 1.807) is 7.05 Å². The number of tetrazole rings is 1. The number of likely N-dealkylation sites (N-methyl/N-ethyl adjacent to an activating group) is 1. The zero-order chi connectivity index (χ0) is 12.8. The first kappa shape index (κ1) is 12.7. The third-order valence-electron chi connectivity index (χ3n) is 2.89. The third-order valence-corrected chi connectivity index (χ3v) is 2.89. The molecule has 1 aromatic carbocycles. The highest BCUT2D eigenvalue weighted by Crippen LogP contribution is 2.18. The van der Waals surface area contributed by atoms with Gasteiger partial charge in [-0.2, -0.15) is 4.80 Å². The van der Waals surface area contributed by atoms with E-state index in [0.717, 1.165) is 25.3 Å². The molecule has 0 saturated carbocycles. The molecule has 2 aromatic rings. The van der Waals surface area contributed by atoms with Gasteiger partial charge in [-0.05, 0) is 17.3 Å². The molecule has 0 aliphatic carbocycles. The fourth-order valence-corrected chi connectivity index (χ4v) is 1.98. The van der Waals surface area contributed by atoms with Crippen molar-refractivity contribution in [2.45, 2.75) is 19.3 Å². The quantitative estimate of drug-likeness (QED) is 0.829. The summed E-state index contributed by atoms with van der Waals surface area (Å²) in [6, 6.07) is 10.5. The van der Waals surface area contributed by atoms with E-state index >= 15 is 0 Å². The second-order valence-corrected chi connectivity index (χ2v) is 4.31. The van der Waals surface area contributed by atoms with Gasteiger partial charge < -0.3 is 5.32 Å². The van der Waals surface area contributed by atoms with Crippen LogP contribution in [0.3, 0.4) is 0 Å². The SMILES string of the molecule is CCNCC(Cc1nnn(C)n1)c1ccccc1. The number of aryl methyl sites for hydroxylation is 1. The van der Waals surface area contributed by atoms with Crippen LogP contribution in [0.5, 0.6) is 0 Å². The molecule has 5 nitrogen and oxygen atoms in total. The van der Waals surface area contributed by atoms with Crippen molar-refractivity contribution in [3.05, 3.63) is 41.7 Å². The fraction of sp³-hybridized carbons (Fsp3) is 0.462. The number of aromatic nitrogens is 4. The Kier molecular flexibility index (Phi) is 4.41. The number of rotatable bonds is 6. The van der Waals surface area contributed by atoms with Gasteiger partial charge in [0.25, 0.3) is 0 Å². The first-order valence-electron chi connectivity index (χ1n) is 6.28. The Morgan fingerprint density at radius 3 is 2.67 bits per heavy atom. The van der Waals surface area contributed by atoms with E-state index < -0.39 is 0 Å². The van der Waals surface area contributed by atoms with Gasteiger partial charge in [-0.15, -0.1) is 10.2 Å². The Labute approximate surface area is 107 Å². The van der Waals surface area contributed by atoms with Gasteiger partial charge in [-0.25, -0.2) is 0 Å². The number of benzene rings is 1. The Hall–Kier alpha value is -1.75. The molecule has 1 atom stereocenters. The highest BCUT2D eigenvalue weighted by molar-refractivity contribution is 5.20. The normalized spacial score (nSPS) is 12.6. The maximum Gasteiger partial charge on any atom is 0.175 e. The van der Waals surface area contributed by atoms with Gasteiger partial charge in [0, 0.05) is 18.9 Å². The van der Waals surface area contributed by atoms with Gasteiger partial charge in [-0.1, -0.05) is 37.3 Å². The summed E-state index contributed by atoms with van der Waals surface area (Å²) in [7, 11) is 1.79. The smallest absolute Gasteiger partial charge is 0.175 e. The summed E-state index contributed by atoms with van der Waals surface area (Å²) in [5, 5.41) is 15.6. The van der Waals surface area contributed by atoms with Crippen LogP contribution < -0.4 is 5.32 Å². The molecule has 1 heterocycles. The molecule has 0 saturated heterocycles. The van der Waals surface area contributed by atoms with Gasteiger partial charge in [0.15, 0.2) is 5.82 Å². The molecular formula is C13H19N5. The maximum atomic E-state index is 4.25. The molecule has 1 unspecified atom stereocenters. The molecule has 0 fully saturated rings. The maximum absolute atomic E-state index is 4.25. The van der Waals surface area contributed by atoms with E-state index in [9.17, 15) is 0 Å². The van der Waals surface area contributed by atoms with Crippen molar-refractivity contribution in [2.24, 2.45) is 7.05 Å². The van der Waals surface area contributed by atoms with Crippen LogP contribution in [0.2, 0.25) is 0 Å². The van der Waals surface area contributed by atoms with Crippen LogP contribution in [-0.2, 0) is 13.5 Å². The van der Waals surface area contributed by atoms with E-state index in [2.05, 4.69) is 51.9 Å². The topological polar surface area (TPSA) is 55.6 Å². The summed E-state index contributed by atoms with van der Waals surface area (Å²) in [6.45, 7) is 4.01. The summed E-state index contributed by atoms with van der Waals surface area (Å²) >= 11 is 0.